The van der Waals surface area contributed by atoms with Gasteiger partial charge in [-0.1, -0.05) is 17.7 Å². The van der Waals surface area contributed by atoms with Gasteiger partial charge in [-0.15, -0.1) is 0 Å². The molecule has 144 valence electrons. The van der Waals surface area contributed by atoms with Crippen LogP contribution in [-0.2, 0) is 12.8 Å². The molecule has 1 aliphatic heterocycles. The number of aromatic nitrogens is 1. The number of ether oxygens (including phenoxy) is 1. The van der Waals surface area contributed by atoms with E-state index in [9.17, 15) is 13.6 Å². The van der Waals surface area contributed by atoms with E-state index in [-0.39, 0.29) is 30.8 Å². The Bertz CT molecular complexity index is 1020. The molecule has 0 atom stereocenters. The molecule has 0 unspecified atom stereocenters. The Morgan fingerprint density at radius 1 is 1.14 bits per heavy atom. The second-order valence-corrected chi connectivity index (χ2v) is 7.22. The summed E-state index contributed by atoms with van der Waals surface area (Å²) in [6.07, 6.45) is 1.28. The van der Waals surface area contributed by atoms with Crippen LogP contribution in [-0.4, -0.2) is 16.5 Å². The SMILES string of the molecule is O=C(CCc1c(Cl)cccc1-n1cccc1)c1ccc2c(c1)CCC(F)(F)O2. The van der Waals surface area contributed by atoms with Gasteiger partial charge in [-0.3, -0.25) is 4.79 Å². The van der Waals surface area contributed by atoms with E-state index >= 15 is 0 Å². The van der Waals surface area contributed by atoms with E-state index in [2.05, 4.69) is 0 Å². The van der Waals surface area contributed by atoms with Crippen LogP contribution in [0.15, 0.2) is 60.9 Å². The first-order valence-electron chi connectivity index (χ1n) is 9.07. The lowest BCUT2D eigenvalue weighted by Crippen LogP contribution is -2.29. The van der Waals surface area contributed by atoms with Crippen molar-refractivity contribution in [2.24, 2.45) is 0 Å². The Morgan fingerprint density at radius 3 is 2.71 bits per heavy atom. The Hall–Kier alpha value is -2.66. The average molecular weight is 402 g/mol. The summed E-state index contributed by atoms with van der Waals surface area (Å²) in [6.45, 7) is 0. The molecule has 1 aliphatic rings. The highest BCUT2D eigenvalue weighted by Crippen LogP contribution is 2.36. The van der Waals surface area contributed by atoms with Gasteiger partial charge in [0.2, 0.25) is 0 Å². The van der Waals surface area contributed by atoms with Gasteiger partial charge in [0.25, 0.3) is 0 Å². The highest BCUT2D eigenvalue weighted by molar-refractivity contribution is 6.31. The van der Waals surface area contributed by atoms with E-state index in [1.165, 1.54) is 6.07 Å². The third-order valence-corrected chi connectivity index (χ3v) is 5.26. The predicted molar refractivity (Wildman–Crippen MR) is 104 cm³/mol. The second kappa shape index (κ2) is 7.40. The van der Waals surface area contributed by atoms with Crippen LogP contribution in [0.4, 0.5) is 8.78 Å². The van der Waals surface area contributed by atoms with Crippen LogP contribution in [0.25, 0.3) is 5.69 Å². The summed E-state index contributed by atoms with van der Waals surface area (Å²) in [6, 6.07) is 14.2. The monoisotopic (exact) mass is 401 g/mol. The first-order valence-corrected chi connectivity index (χ1v) is 9.44. The number of ketones is 1. The minimum Gasteiger partial charge on any atom is -0.432 e. The molecule has 0 N–H and O–H groups in total. The van der Waals surface area contributed by atoms with Crippen molar-refractivity contribution in [2.75, 3.05) is 0 Å². The maximum atomic E-state index is 13.3. The van der Waals surface area contributed by atoms with E-state index < -0.39 is 6.11 Å². The number of fused-ring (bicyclic) bond motifs is 1. The summed E-state index contributed by atoms with van der Waals surface area (Å²) in [7, 11) is 0. The summed E-state index contributed by atoms with van der Waals surface area (Å²) in [5.41, 5.74) is 2.98. The van der Waals surface area contributed by atoms with Gasteiger partial charge >= 0.3 is 6.11 Å². The van der Waals surface area contributed by atoms with Gasteiger partial charge in [0.1, 0.15) is 5.75 Å². The number of halogens is 3. The molecule has 2 heterocycles. The maximum Gasteiger partial charge on any atom is 0.398 e. The Morgan fingerprint density at radius 2 is 1.93 bits per heavy atom. The van der Waals surface area contributed by atoms with Gasteiger partial charge in [-0.2, -0.15) is 8.78 Å². The van der Waals surface area contributed by atoms with Gasteiger partial charge in [0, 0.05) is 35.1 Å². The highest BCUT2D eigenvalue weighted by atomic mass is 35.5. The Balaban J connectivity index is 1.52. The lowest BCUT2D eigenvalue weighted by molar-refractivity contribution is -0.187. The van der Waals surface area contributed by atoms with Gasteiger partial charge in [-0.25, -0.2) is 0 Å². The predicted octanol–water partition coefficient (Wildman–Crippen LogP) is 5.86. The number of rotatable bonds is 5. The normalized spacial score (nSPS) is 15.0. The molecule has 0 saturated heterocycles. The Labute approximate surface area is 166 Å². The number of carbonyl (C=O) groups excluding carboxylic acids is 1. The fourth-order valence-electron chi connectivity index (χ4n) is 3.45. The zero-order chi connectivity index (χ0) is 19.7. The molecule has 3 nitrogen and oxygen atoms in total. The summed E-state index contributed by atoms with van der Waals surface area (Å²) in [5, 5.41) is 0.611. The standard InChI is InChI=1S/C22H18ClF2NO2/c23-18-4-3-5-19(26-12-1-2-13-26)17(18)7-8-20(27)15-6-9-21-16(14-15)10-11-22(24,25)28-21/h1-6,9,12-14H,7-8,10-11H2. The average Bonchev–Trinajstić information content (AvgIpc) is 3.20. The molecule has 0 amide bonds. The number of carbonyl (C=O) groups is 1. The molecule has 28 heavy (non-hydrogen) atoms. The zero-order valence-corrected chi connectivity index (χ0v) is 15.8. The molecule has 3 aromatic rings. The molecule has 0 fully saturated rings. The van der Waals surface area contributed by atoms with Crippen LogP contribution in [0, 0.1) is 0 Å². The minimum absolute atomic E-state index is 0.0569. The van der Waals surface area contributed by atoms with Crippen molar-refractivity contribution in [2.45, 2.75) is 31.8 Å². The lowest BCUT2D eigenvalue weighted by atomic mass is 9.97. The van der Waals surface area contributed by atoms with E-state index in [0.29, 0.717) is 22.6 Å². The van der Waals surface area contributed by atoms with Crippen molar-refractivity contribution < 1.29 is 18.3 Å². The van der Waals surface area contributed by atoms with Crippen LogP contribution in [0.2, 0.25) is 5.02 Å². The van der Waals surface area contributed by atoms with Crippen molar-refractivity contribution >= 4 is 17.4 Å². The topological polar surface area (TPSA) is 31.2 Å². The van der Waals surface area contributed by atoms with Gasteiger partial charge in [0.15, 0.2) is 5.78 Å². The number of hydrogen-bond acceptors (Lipinski definition) is 2. The van der Waals surface area contributed by atoms with E-state index in [1.54, 1.807) is 12.1 Å². The van der Waals surface area contributed by atoms with Crippen molar-refractivity contribution in [1.29, 1.82) is 0 Å². The number of aryl methyl sites for hydroxylation is 1. The molecule has 0 radical (unpaired) electrons. The van der Waals surface area contributed by atoms with Gasteiger partial charge in [-0.05, 0) is 66.4 Å². The molecule has 6 heteroatoms. The van der Waals surface area contributed by atoms with Crippen LogP contribution >= 0.6 is 11.6 Å². The molecular weight excluding hydrogens is 384 g/mol. The molecule has 1 aromatic heterocycles. The minimum atomic E-state index is -3.14. The lowest BCUT2D eigenvalue weighted by Gasteiger charge is -2.25. The van der Waals surface area contributed by atoms with Crippen LogP contribution in [0.5, 0.6) is 5.75 Å². The van der Waals surface area contributed by atoms with Crippen molar-refractivity contribution in [1.82, 2.24) is 4.57 Å². The van der Waals surface area contributed by atoms with Gasteiger partial charge in [0.05, 0.1) is 6.42 Å². The fourth-order valence-corrected chi connectivity index (χ4v) is 3.72. The molecule has 0 spiro atoms. The fraction of sp³-hybridized carbons (Fsp3) is 0.227. The van der Waals surface area contributed by atoms with Crippen molar-refractivity contribution in [3.63, 3.8) is 0 Å². The molecule has 0 bridgehead atoms. The number of nitrogens with zero attached hydrogens (tertiary/aromatic N) is 1. The summed E-state index contributed by atoms with van der Waals surface area (Å²) < 4.78 is 33.3. The Kier molecular flexibility index (Phi) is 4.94. The van der Waals surface area contributed by atoms with Crippen molar-refractivity contribution in [3.05, 3.63) is 82.6 Å². The molecule has 0 saturated carbocycles. The highest BCUT2D eigenvalue weighted by Gasteiger charge is 2.36. The molecule has 2 aromatic carbocycles. The summed E-state index contributed by atoms with van der Waals surface area (Å²) >= 11 is 6.39. The largest absolute Gasteiger partial charge is 0.432 e. The summed E-state index contributed by atoms with van der Waals surface area (Å²) in [4.78, 5) is 12.7. The quantitative estimate of drug-likeness (QED) is 0.501. The van der Waals surface area contributed by atoms with Crippen LogP contribution < -0.4 is 4.74 Å². The van der Waals surface area contributed by atoms with E-state index in [4.69, 9.17) is 16.3 Å². The number of Topliss-reactive ketones (excluding diaryl/α,β-unsaturated/α-hetero) is 1. The first-order chi connectivity index (χ1) is 13.4. The number of benzene rings is 2. The van der Waals surface area contributed by atoms with Crippen LogP contribution in [0.3, 0.4) is 0 Å². The number of alkyl halides is 2. The maximum absolute atomic E-state index is 13.3. The van der Waals surface area contributed by atoms with E-state index in [1.807, 2.05) is 47.3 Å². The third-order valence-electron chi connectivity index (χ3n) is 4.91. The summed E-state index contributed by atoms with van der Waals surface area (Å²) in [5.74, 6) is 0.0901. The van der Waals surface area contributed by atoms with E-state index in [0.717, 1.165) is 11.3 Å². The second-order valence-electron chi connectivity index (χ2n) is 6.81. The molecule has 0 aliphatic carbocycles. The molecule has 4 rings (SSSR count). The first kappa shape index (κ1) is 18.7. The van der Waals surface area contributed by atoms with Gasteiger partial charge < -0.3 is 9.30 Å². The number of hydrogen-bond donors (Lipinski definition) is 0. The van der Waals surface area contributed by atoms with Crippen LogP contribution in [0.1, 0.15) is 34.3 Å². The molecular formula is C22H18ClF2NO2. The third kappa shape index (κ3) is 3.80. The smallest absolute Gasteiger partial charge is 0.398 e. The zero-order valence-electron chi connectivity index (χ0n) is 15.0. The van der Waals surface area contributed by atoms with Crippen molar-refractivity contribution in [3.8, 4) is 11.4 Å².